The molecule has 3 aromatic carbocycles. The van der Waals surface area contributed by atoms with Gasteiger partial charge in [0, 0.05) is 24.2 Å². The smallest absolute Gasteiger partial charge is 0.253 e. The molecule has 188 valence electrons. The molecule has 0 amide bonds. The van der Waals surface area contributed by atoms with Crippen LogP contribution in [0, 0.1) is 0 Å². The first-order valence-corrected chi connectivity index (χ1v) is 16.0. The summed E-state index contributed by atoms with van der Waals surface area (Å²) in [6.45, 7) is -0.142. The van der Waals surface area contributed by atoms with Crippen LogP contribution in [0.3, 0.4) is 0 Å². The fourth-order valence-electron chi connectivity index (χ4n) is 3.79. The average molecular weight is 561 g/mol. The number of rotatable bonds is 9. The summed E-state index contributed by atoms with van der Waals surface area (Å²) in [6.07, 6.45) is 1.04. The van der Waals surface area contributed by atoms with Crippen molar-refractivity contribution in [1.82, 2.24) is 4.31 Å². The van der Waals surface area contributed by atoms with E-state index >= 15 is 0 Å². The van der Waals surface area contributed by atoms with Gasteiger partial charge in [0.05, 0.1) is 4.90 Å². The predicted molar refractivity (Wildman–Crippen MR) is 139 cm³/mol. The van der Waals surface area contributed by atoms with Gasteiger partial charge in [0.2, 0.25) is 0 Å². The van der Waals surface area contributed by atoms with Crippen molar-refractivity contribution < 1.29 is 25.6 Å². The molecule has 4 rings (SSSR count). The maximum atomic E-state index is 13.5. The molecule has 0 N–H and O–H groups in total. The van der Waals surface area contributed by atoms with Crippen molar-refractivity contribution in [1.29, 1.82) is 0 Å². The minimum Gasteiger partial charge on any atom is -0.768 e. The second kappa shape index (κ2) is 10.8. The topological polar surface area (TPSA) is 112 Å². The Labute approximate surface area is 217 Å². The summed E-state index contributed by atoms with van der Waals surface area (Å²) in [5.74, 6) is 0. The van der Waals surface area contributed by atoms with Crippen LogP contribution in [-0.4, -0.2) is 36.2 Å². The summed E-state index contributed by atoms with van der Waals surface area (Å²) in [4.78, 5) is -0.0263. The van der Waals surface area contributed by atoms with Crippen molar-refractivity contribution in [3.8, 4) is 11.1 Å². The summed E-state index contributed by atoms with van der Waals surface area (Å²) in [6, 6.07) is 23.0. The molecule has 4 aromatic rings. The molecule has 0 aliphatic heterocycles. The van der Waals surface area contributed by atoms with Crippen molar-refractivity contribution in [3.05, 3.63) is 101 Å². The van der Waals surface area contributed by atoms with Crippen molar-refractivity contribution >= 4 is 42.3 Å². The predicted octanol–water partition coefficient (Wildman–Crippen LogP) is 4.45. The van der Waals surface area contributed by atoms with Crippen LogP contribution >= 0.6 is 11.3 Å². The summed E-state index contributed by atoms with van der Waals surface area (Å²) >= 11 is -1.43. The van der Waals surface area contributed by atoms with Gasteiger partial charge in [0.1, 0.15) is 4.21 Å². The molecular weight excluding hydrogens is 539 g/mol. The number of hydrogen-bond acceptors (Lipinski definition) is 7. The van der Waals surface area contributed by atoms with Gasteiger partial charge >= 0.3 is 0 Å². The highest BCUT2D eigenvalue weighted by atomic mass is 32.2. The Morgan fingerprint density at radius 2 is 1.56 bits per heavy atom. The minimum atomic E-state index is -3.92. The first-order valence-electron chi connectivity index (χ1n) is 10.7. The Kier molecular flexibility index (Phi) is 7.88. The maximum absolute atomic E-state index is 13.5. The zero-order valence-electron chi connectivity index (χ0n) is 19.1. The molecule has 0 saturated heterocycles. The summed E-state index contributed by atoms with van der Waals surface area (Å²) in [7, 11) is -7.71. The fraction of sp³-hybridized carbons (Fsp3) is 0.120. The third-order valence-electron chi connectivity index (χ3n) is 5.48. The van der Waals surface area contributed by atoms with Crippen molar-refractivity contribution in [2.75, 3.05) is 6.26 Å². The van der Waals surface area contributed by atoms with E-state index in [4.69, 9.17) is 0 Å². The highest BCUT2D eigenvalue weighted by molar-refractivity contribution is 7.91. The third-order valence-corrected chi connectivity index (χ3v) is 10.5. The largest absolute Gasteiger partial charge is 0.768 e. The second-order valence-electron chi connectivity index (χ2n) is 8.02. The minimum absolute atomic E-state index is 0.0377. The molecule has 0 fully saturated rings. The SMILES string of the molecule is CS(=O)(=O)c1cc(-c2ccccc2S(=O)[O-])ccc1CN(Cc1ccccc1)S(=O)(=O)c1cccs1. The van der Waals surface area contributed by atoms with Crippen LogP contribution in [0.5, 0.6) is 0 Å². The first kappa shape index (κ1) is 26.4. The molecular formula is C25H22NO6S4-. The zero-order chi connectivity index (χ0) is 25.9. The molecule has 0 aliphatic rings. The van der Waals surface area contributed by atoms with Crippen molar-refractivity contribution in [2.45, 2.75) is 27.1 Å². The highest BCUT2D eigenvalue weighted by Crippen LogP contribution is 2.32. The van der Waals surface area contributed by atoms with Crippen LogP contribution in [0.15, 0.2) is 104 Å². The third kappa shape index (κ3) is 5.83. The van der Waals surface area contributed by atoms with Gasteiger partial charge in [0.25, 0.3) is 10.0 Å². The van der Waals surface area contributed by atoms with Crippen molar-refractivity contribution in [2.24, 2.45) is 0 Å². The van der Waals surface area contributed by atoms with Crippen LogP contribution in [0.1, 0.15) is 11.1 Å². The Morgan fingerprint density at radius 3 is 2.19 bits per heavy atom. The number of hydrogen-bond donors (Lipinski definition) is 0. The van der Waals surface area contributed by atoms with Gasteiger partial charge in [-0.1, -0.05) is 66.7 Å². The second-order valence-corrected chi connectivity index (χ2v) is 14.0. The van der Waals surface area contributed by atoms with Gasteiger partial charge in [-0.15, -0.1) is 11.3 Å². The lowest BCUT2D eigenvalue weighted by Crippen LogP contribution is -2.30. The van der Waals surface area contributed by atoms with Crippen LogP contribution in [0.4, 0.5) is 0 Å². The van der Waals surface area contributed by atoms with Crippen LogP contribution in [0.2, 0.25) is 0 Å². The molecule has 0 saturated carbocycles. The number of sulfonamides is 1. The van der Waals surface area contributed by atoms with E-state index in [1.807, 2.05) is 6.07 Å². The Balaban J connectivity index is 1.81. The van der Waals surface area contributed by atoms with Gasteiger partial charge in [0.15, 0.2) is 9.84 Å². The zero-order valence-corrected chi connectivity index (χ0v) is 22.4. The quantitative estimate of drug-likeness (QED) is 0.280. The Hall–Kier alpha value is -2.67. The number of benzene rings is 3. The number of thiophene rings is 1. The van der Waals surface area contributed by atoms with Crippen LogP contribution in [0.25, 0.3) is 11.1 Å². The lowest BCUT2D eigenvalue weighted by atomic mass is 10.0. The van der Waals surface area contributed by atoms with Gasteiger partial charge in [-0.2, -0.15) is 4.31 Å². The molecule has 0 bridgehead atoms. The lowest BCUT2D eigenvalue weighted by Gasteiger charge is -2.23. The molecule has 11 heteroatoms. The molecule has 1 unspecified atom stereocenters. The maximum Gasteiger partial charge on any atom is 0.253 e. The number of nitrogens with zero attached hydrogens (tertiary/aromatic N) is 1. The van der Waals surface area contributed by atoms with Gasteiger partial charge < -0.3 is 4.55 Å². The van der Waals surface area contributed by atoms with E-state index in [-0.39, 0.29) is 32.7 Å². The molecule has 0 spiro atoms. The van der Waals surface area contributed by atoms with E-state index in [0.29, 0.717) is 11.1 Å². The standard InChI is InChI=1S/C25H23NO6S4/c1-35(29,30)24-16-20(22-10-5-6-11-23(22)34(27)28)13-14-21(24)18-26(17-19-8-3-2-4-9-19)36(31,32)25-12-7-15-33-25/h2-16H,17-18H2,1H3,(H,27,28)/p-1. The van der Waals surface area contributed by atoms with E-state index in [0.717, 1.165) is 23.2 Å². The lowest BCUT2D eigenvalue weighted by molar-refractivity contribution is 0.399. The summed E-state index contributed by atoms with van der Waals surface area (Å²) in [5.41, 5.74) is 1.80. The summed E-state index contributed by atoms with van der Waals surface area (Å²) in [5, 5.41) is 1.67. The molecule has 36 heavy (non-hydrogen) atoms. The van der Waals surface area contributed by atoms with E-state index in [2.05, 4.69) is 0 Å². The Bertz CT molecular complexity index is 1600. The molecule has 1 heterocycles. The molecule has 7 nitrogen and oxygen atoms in total. The van der Waals surface area contributed by atoms with Gasteiger partial charge in [-0.3, -0.25) is 4.21 Å². The number of sulfone groups is 1. The van der Waals surface area contributed by atoms with Crippen molar-refractivity contribution in [3.63, 3.8) is 0 Å². The van der Waals surface area contributed by atoms with Gasteiger partial charge in [-0.25, -0.2) is 16.8 Å². The molecule has 0 radical (unpaired) electrons. The fourth-order valence-corrected chi connectivity index (χ4v) is 7.84. The first-order chi connectivity index (χ1) is 17.1. The average Bonchev–Trinajstić information content (AvgIpc) is 3.40. The molecule has 0 aliphatic carbocycles. The van der Waals surface area contributed by atoms with Crippen LogP contribution < -0.4 is 0 Å². The van der Waals surface area contributed by atoms with Crippen LogP contribution in [-0.2, 0) is 44.0 Å². The highest BCUT2D eigenvalue weighted by Gasteiger charge is 2.28. The van der Waals surface area contributed by atoms with E-state index in [9.17, 15) is 25.6 Å². The molecule has 1 aromatic heterocycles. The Morgan fingerprint density at radius 1 is 0.861 bits per heavy atom. The summed E-state index contributed by atoms with van der Waals surface area (Å²) < 4.78 is 77.3. The van der Waals surface area contributed by atoms with E-state index in [1.165, 1.54) is 28.6 Å². The van der Waals surface area contributed by atoms with E-state index in [1.54, 1.807) is 60.0 Å². The van der Waals surface area contributed by atoms with E-state index < -0.39 is 30.9 Å². The molecule has 1 atom stereocenters. The van der Waals surface area contributed by atoms with Gasteiger partial charge in [-0.05, 0) is 56.9 Å². The monoisotopic (exact) mass is 560 g/mol. The normalized spacial score (nSPS) is 13.1.